The Balaban J connectivity index is 2.31. The Labute approximate surface area is 113 Å². The van der Waals surface area contributed by atoms with Crippen molar-refractivity contribution in [2.75, 3.05) is 25.0 Å². The molecule has 1 N–H and O–H groups in total. The number of nitrogens with zero attached hydrogens (tertiary/aromatic N) is 1. The van der Waals surface area contributed by atoms with E-state index < -0.39 is 11.7 Å². The first-order valence-corrected chi connectivity index (χ1v) is 6.38. The summed E-state index contributed by atoms with van der Waals surface area (Å²) in [6.07, 6.45) is 0.848. The summed E-state index contributed by atoms with van der Waals surface area (Å²) in [4.78, 5) is 25.5. The quantitative estimate of drug-likeness (QED) is 0.644. The summed E-state index contributed by atoms with van der Waals surface area (Å²) in [5.41, 5.74) is 3.15. The molecule has 1 aliphatic heterocycles. The number of nitrogens with one attached hydrogen (secondary N) is 1. The van der Waals surface area contributed by atoms with E-state index in [9.17, 15) is 9.59 Å². The maximum absolute atomic E-state index is 12.0. The van der Waals surface area contributed by atoms with Crippen LogP contribution in [0.25, 0.3) is 0 Å². The molecule has 1 amide bonds. The zero-order chi connectivity index (χ0) is 14.0. The number of carbonyl (C=O) groups excluding carboxylic acids is 2. The average molecular weight is 258 g/mol. The number of anilines is 1. The lowest BCUT2D eigenvalue weighted by atomic mass is 10.1. The van der Waals surface area contributed by atoms with Crippen molar-refractivity contribution in [1.82, 2.24) is 5.32 Å². The van der Waals surface area contributed by atoms with Gasteiger partial charge in [0, 0.05) is 13.1 Å². The molecule has 0 aliphatic carbocycles. The molecule has 0 fully saturated rings. The van der Waals surface area contributed by atoms with Crippen molar-refractivity contribution in [3.05, 3.63) is 41.5 Å². The molecule has 1 aromatic carbocycles. The van der Waals surface area contributed by atoms with Crippen LogP contribution in [0.3, 0.4) is 0 Å². The Hall–Kier alpha value is -1.94. The molecule has 1 aliphatic rings. The summed E-state index contributed by atoms with van der Waals surface area (Å²) in [5, 5.41) is 2.99. The molecule has 100 valence electrons. The van der Waals surface area contributed by atoms with Gasteiger partial charge in [-0.25, -0.2) is 0 Å². The van der Waals surface area contributed by atoms with Crippen molar-refractivity contribution in [2.24, 2.45) is 0 Å². The molecule has 0 spiro atoms. The van der Waals surface area contributed by atoms with Crippen molar-refractivity contribution in [3.63, 3.8) is 0 Å². The van der Waals surface area contributed by atoms with Crippen LogP contribution in [0.4, 0.5) is 5.69 Å². The van der Waals surface area contributed by atoms with Gasteiger partial charge < -0.3 is 10.2 Å². The van der Waals surface area contributed by atoms with E-state index >= 15 is 0 Å². The lowest BCUT2D eigenvalue weighted by Gasteiger charge is -2.18. The smallest absolute Gasteiger partial charge is 0.299 e. The number of carbonyl (C=O) groups is 2. The van der Waals surface area contributed by atoms with Crippen molar-refractivity contribution < 1.29 is 9.59 Å². The lowest BCUT2D eigenvalue weighted by Crippen LogP contribution is -2.33. The summed E-state index contributed by atoms with van der Waals surface area (Å²) in [6.45, 7) is 6.93. The molecule has 4 heteroatoms. The molecule has 19 heavy (non-hydrogen) atoms. The predicted molar refractivity (Wildman–Crippen MR) is 75.6 cm³/mol. The minimum absolute atomic E-state index is 0.379. The largest absolute Gasteiger partial charge is 0.316 e. The van der Waals surface area contributed by atoms with Gasteiger partial charge in [0.15, 0.2) is 0 Å². The van der Waals surface area contributed by atoms with Crippen LogP contribution in [0.2, 0.25) is 0 Å². The number of hydrogen-bond acceptors (Lipinski definition) is 3. The summed E-state index contributed by atoms with van der Waals surface area (Å²) < 4.78 is 0. The average Bonchev–Trinajstić information content (AvgIpc) is 2.64. The minimum atomic E-state index is -0.458. The number of hydrogen-bond donors (Lipinski definition) is 1. The molecule has 0 bridgehead atoms. The van der Waals surface area contributed by atoms with E-state index in [1.165, 1.54) is 4.90 Å². The Morgan fingerprint density at radius 1 is 1.37 bits per heavy atom. The number of benzene rings is 1. The van der Waals surface area contributed by atoms with E-state index in [1.54, 1.807) is 0 Å². The second kappa shape index (κ2) is 5.36. The number of ketones is 1. The lowest BCUT2D eigenvalue weighted by molar-refractivity contribution is -0.114. The van der Waals surface area contributed by atoms with Crippen LogP contribution in [-0.4, -0.2) is 31.8 Å². The maximum Gasteiger partial charge on any atom is 0.299 e. The molecule has 1 heterocycles. The highest BCUT2D eigenvalue weighted by atomic mass is 16.2. The third kappa shape index (κ3) is 2.44. The number of rotatable bonds is 5. The van der Waals surface area contributed by atoms with Gasteiger partial charge in [0.25, 0.3) is 11.7 Å². The van der Waals surface area contributed by atoms with Crippen LogP contribution in [0.5, 0.6) is 0 Å². The fourth-order valence-corrected chi connectivity index (χ4v) is 2.25. The third-order valence-electron chi connectivity index (χ3n) is 3.25. The van der Waals surface area contributed by atoms with Crippen molar-refractivity contribution in [3.8, 4) is 0 Å². The number of likely N-dealkylation sites (N-methyl/N-ethyl adjacent to an activating group) is 1. The topological polar surface area (TPSA) is 49.4 Å². The fraction of sp³-hybridized carbons (Fsp3) is 0.333. The van der Waals surface area contributed by atoms with Crippen molar-refractivity contribution in [2.45, 2.75) is 13.3 Å². The van der Waals surface area contributed by atoms with Gasteiger partial charge in [-0.1, -0.05) is 19.6 Å². The van der Waals surface area contributed by atoms with Gasteiger partial charge in [-0.15, -0.1) is 0 Å². The van der Waals surface area contributed by atoms with E-state index in [4.69, 9.17) is 0 Å². The van der Waals surface area contributed by atoms with Crippen molar-refractivity contribution in [1.29, 1.82) is 0 Å². The van der Waals surface area contributed by atoms with Gasteiger partial charge in [-0.05, 0) is 36.7 Å². The number of fused-ring (bicyclic) bond motifs is 1. The molecule has 4 nitrogen and oxygen atoms in total. The van der Waals surface area contributed by atoms with E-state index in [-0.39, 0.29) is 0 Å². The van der Waals surface area contributed by atoms with E-state index in [1.807, 2.05) is 32.2 Å². The molecule has 0 radical (unpaired) electrons. The highest BCUT2D eigenvalue weighted by Gasteiger charge is 2.35. The molecule has 1 aromatic rings. The first kappa shape index (κ1) is 13.5. The Bertz CT molecular complexity index is 549. The molecule has 0 saturated heterocycles. The van der Waals surface area contributed by atoms with E-state index in [0.717, 1.165) is 17.6 Å². The first-order valence-electron chi connectivity index (χ1n) is 6.38. The molecule has 2 rings (SSSR count). The highest BCUT2D eigenvalue weighted by Crippen LogP contribution is 2.30. The second-order valence-corrected chi connectivity index (χ2v) is 4.71. The van der Waals surface area contributed by atoms with Gasteiger partial charge >= 0.3 is 0 Å². The monoisotopic (exact) mass is 258 g/mol. The molecule has 0 aromatic heterocycles. The van der Waals surface area contributed by atoms with Crippen LogP contribution < -0.4 is 10.2 Å². The van der Waals surface area contributed by atoms with Gasteiger partial charge in [0.1, 0.15) is 0 Å². The van der Waals surface area contributed by atoms with Crippen LogP contribution in [-0.2, 0) is 11.2 Å². The molecular weight excluding hydrogens is 240 g/mol. The Morgan fingerprint density at radius 3 is 2.74 bits per heavy atom. The van der Waals surface area contributed by atoms with Gasteiger partial charge in [0.05, 0.1) is 11.3 Å². The number of Topliss-reactive ketones (excluding diaryl/α,β-unsaturated/α-hetero) is 1. The summed E-state index contributed by atoms with van der Waals surface area (Å²) in [5.74, 6) is -0.872. The zero-order valence-electron chi connectivity index (χ0n) is 11.3. The van der Waals surface area contributed by atoms with Gasteiger partial charge in [0.2, 0.25) is 0 Å². The summed E-state index contributed by atoms with van der Waals surface area (Å²) in [7, 11) is 1.82. The second-order valence-electron chi connectivity index (χ2n) is 4.71. The normalized spacial score (nSPS) is 13.9. The molecule has 0 saturated carbocycles. The van der Waals surface area contributed by atoms with Crippen LogP contribution in [0, 0.1) is 0 Å². The van der Waals surface area contributed by atoms with E-state index in [2.05, 4.69) is 11.9 Å². The third-order valence-corrected chi connectivity index (χ3v) is 3.25. The molecule has 0 unspecified atom stereocenters. The number of aryl methyl sites for hydroxylation is 1. The summed E-state index contributed by atoms with van der Waals surface area (Å²) >= 11 is 0. The fourth-order valence-electron chi connectivity index (χ4n) is 2.25. The standard InChI is InChI=1S/C15H18N2O2/c1-4-11-5-6-13-12(7-11)14(18)15(19)17(13)9-10(2)8-16-3/h5-7,16H,2,4,8-9H2,1,3H3. The van der Waals surface area contributed by atoms with Gasteiger partial charge in [-0.2, -0.15) is 0 Å². The zero-order valence-corrected chi connectivity index (χ0v) is 11.3. The van der Waals surface area contributed by atoms with Crippen LogP contribution in [0.15, 0.2) is 30.4 Å². The highest BCUT2D eigenvalue weighted by molar-refractivity contribution is 6.52. The van der Waals surface area contributed by atoms with Gasteiger partial charge in [-0.3, -0.25) is 9.59 Å². The Kier molecular flexibility index (Phi) is 3.81. The first-order chi connectivity index (χ1) is 9.08. The minimum Gasteiger partial charge on any atom is -0.316 e. The SMILES string of the molecule is C=C(CNC)CN1C(=O)C(=O)c2cc(CC)ccc21. The molecular formula is C15H18N2O2. The Morgan fingerprint density at radius 2 is 2.11 bits per heavy atom. The number of amides is 1. The summed E-state index contributed by atoms with van der Waals surface area (Å²) in [6, 6.07) is 5.62. The van der Waals surface area contributed by atoms with Crippen molar-refractivity contribution >= 4 is 17.4 Å². The maximum atomic E-state index is 12.0. The van der Waals surface area contributed by atoms with Crippen LogP contribution >= 0.6 is 0 Å². The molecule has 0 atom stereocenters. The predicted octanol–water partition coefficient (Wildman–Crippen LogP) is 1.55. The van der Waals surface area contributed by atoms with Crippen LogP contribution in [0.1, 0.15) is 22.8 Å². The van der Waals surface area contributed by atoms with E-state index in [0.29, 0.717) is 24.3 Å².